The maximum absolute atomic E-state index is 12.0. The Hall–Kier alpha value is -2.60. The third kappa shape index (κ3) is 3.98. The Morgan fingerprint density at radius 2 is 2.17 bits per heavy atom. The zero-order valence-corrected chi connectivity index (χ0v) is 13.3. The van der Waals surface area contributed by atoms with Crippen molar-refractivity contribution in [1.29, 1.82) is 0 Å². The number of aliphatic hydroxyl groups is 1. The summed E-state index contributed by atoms with van der Waals surface area (Å²) in [5.74, 6) is 0.0423. The van der Waals surface area contributed by atoms with Gasteiger partial charge in [0, 0.05) is 17.3 Å². The van der Waals surface area contributed by atoms with Crippen LogP contribution in [0.25, 0.3) is 18.7 Å². The third-order valence-electron chi connectivity index (χ3n) is 3.43. The molecule has 1 aliphatic rings. The summed E-state index contributed by atoms with van der Waals surface area (Å²) in [5, 5.41) is 12.8. The predicted molar refractivity (Wildman–Crippen MR) is 89.0 cm³/mol. The number of likely N-dealkylation sites (N-methyl/N-ethyl adjacent to an activating group) is 1. The molecule has 0 atom stereocenters. The van der Waals surface area contributed by atoms with Gasteiger partial charge in [-0.3, -0.25) is 4.79 Å². The molecule has 0 unspecified atom stereocenters. The summed E-state index contributed by atoms with van der Waals surface area (Å²) in [5.41, 5.74) is 0.902. The average Bonchev–Trinajstić information content (AvgIpc) is 2.42. The number of rotatable bonds is 4. The first-order valence-corrected chi connectivity index (χ1v) is 7.17. The van der Waals surface area contributed by atoms with E-state index in [1.54, 1.807) is 11.0 Å². The summed E-state index contributed by atoms with van der Waals surface area (Å²) >= 11 is 0. The van der Waals surface area contributed by atoms with Gasteiger partial charge in [-0.25, -0.2) is 4.79 Å². The van der Waals surface area contributed by atoms with Crippen LogP contribution in [0.1, 0.15) is 17.7 Å². The number of nitrogens with zero attached hydrogens (tertiary/aromatic N) is 1. The molecule has 0 bridgehead atoms. The van der Waals surface area contributed by atoms with Crippen molar-refractivity contribution < 1.29 is 14.3 Å². The molecule has 6 heteroatoms. The van der Waals surface area contributed by atoms with Crippen molar-refractivity contribution in [3.05, 3.63) is 50.2 Å². The lowest BCUT2D eigenvalue weighted by Gasteiger charge is -2.17. The second-order valence-electron chi connectivity index (χ2n) is 5.72. The van der Waals surface area contributed by atoms with Crippen LogP contribution < -0.4 is 21.4 Å². The van der Waals surface area contributed by atoms with Gasteiger partial charge in [0.05, 0.1) is 11.8 Å². The summed E-state index contributed by atoms with van der Waals surface area (Å²) in [4.78, 5) is 25.6. The second kappa shape index (κ2) is 6.66. The van der Waals surface area contributed by atoms with Crippen LogP contribution in [0.3, 0.4) is 0 Å². The van der Waals surface area contributed by atoms with Crippen LogP contribution in [0.2, 0.25) is 0 Å². The molecule has 0 fully saturated rings. The Bertz CT molecular complexity index is 847. The fourth-order valence-electron chi connectivity index (χ4n) is 2.45. The Balaban J connectivity index is 2.39. The topological polar surface area (TPSA) is 82.8 Å². The van der Waals surface area contributed by atoms with Crippen molar-refractivity contribution in [1.82, 2.24) is 10.2 Å². The molecule has 0 saturated carbocycles. The first-order chi connectivity index (χ1) is 10.8. The maximum atomic E-state index is 12.0. The van der Waals surface area contributed by atoms with E-state index in [9.17, 15) is 14.7 Å². The number of amides is 1. The second-order valence-corrected chi connectivity index (χ2v) is 5.72. The molecule has 23 heavy (non-hydrogen) atoms. The highest BCUT2D eigenvalue weighted by Crippen LogP contribution is 2.18. The van der Waals surface area contributed by atoms with Crippen LogP contribution in [-0.4, -0.2) is 36.6 Å². The quantitative estimate of drug-likeness (QED) is 0.756. The van der Waals surface area contributed by atoms with Crippen molar-refractivity contribution in [2.45, 2.75) is 12.8 Å². The van der Waals surface area contributed by atoms with Gasteiger partial charge in [-0.15, -0.1) is 0 Å². The lowest BCUT2D eigenvalue weighted by molar-refractivity contribution is -0.121. The molecule has 0 radical (unpaired) electrons. The van der Waals surface area contributed by atoms with Crippen LogP contribution in [0, 0.1) is 0 Å². The molecule has 2 N–H and O–H groups in total. The molecule has 2 rings (SSSR count). The molecule has 122 valence electrons. The number of hydrogen-bond acceptors (Lipinski definition) is 5. The zero-order chi connectivity index (χ0) is 17.1. The van der Waals surface area contributed by atoms with E-state index in [1.165, 1.54) is 6.08 Å². The van der Waals surface area contributed by atoms with Gasteiger partial charge >= 0.3 is 5.63 Å². The number of nitrogens with one attached hydrogen (secondary N) is 1. The van der Waals surface area contributed by atoms with Crippen molar-refractivity contribution in [2.75, 3.05) is 20.6 Å². The summed E-state index contributed by atoms with van der Waals surface area (Å²) in [6.45, 7) is 7.53. The predicted octanol–water partition coefficient (Wildman–Crippen LogP) is -0.133. The van der Waals surface area contributed by atoms with E-state index in [-0.39, 0.29) is 23.4 Å². The minimum absolute atomic E-state index is 0.122. The van der Waals surface area contributed by atoms with E-state index >= 15 is 0 Å². The number of hydrogen-bond donors (Lipinski definition) is 2. The third-order valence-corrected chi connectivity index (χ3v) is 3.43. The van der Waals surface area contributed by atoms with Crippen molar-refractivity contribution in [3.8, 4) is 0 Å². The van der Waals surface area contributed by atoms with Gasteiger partial charge in [-0.2, -0.15) is 0 Å². The lowest BCUT2D eigenvalue weighted by Crippen LogP contribution is -2.42. The Kier molecular flexibility index (Phi) is 4.86. The molecule has 1 heterocycles. The minimum atomic E-state index is -0.596. The zero-order valence-electron chi connectivity index (χ0n) is 13.3. The average molecular weight is 316 g/mol. The highest BCUT2D eigenvalue weighted by atomic mass is 16.4. The highest BCUT2D eigenvalue weighted by molar-refractivity contribution is 5.81. The van der Waals surface area contributed by atoms with E-state index in [4.69, 9.17) is 4.42 Å². The van der Waals surface area contributed by atoms with Crippen LogP contribution in [-0.2, 0) is 11.2 Å². The summed E-state index contributed by atoms with van der Waals surface area (Å²) in [6.07, 6.45) is 4.10. The van der Waals surface area contributed by atoms with Gasteiger partial charge in [0.1, 0.15) is 11.5 Å². The summed E-state index contributed by atoms with van der Waals surface area (Å²) in [7, 11) is 3.62. The molecule has 6 nitrogen and oxygen atoms in total. The monoisotopic (exact) mass is 316 g/mol. The first kappa shape index (κ1) is 16.8. The number of fused-ring (bicyclic) bond motifs is 1. The van der Waals surface area contributed by atoms with Gasteiger partial charge in [-0.05, 0) is 38.2 Å². The molecular formula is C17H20N2O4. The largest absolute Gasteiger partial charge is 0.509 e. The number of aliphatic hydroxyl groups excluding tert-OH is 1. The van der Waals surface area contributed by atoms with E-state index in [2.05, 4.69) is 18.5 Å². The Labute approximate surface area is 133 Å². The molecule has 1 aromatic heterocycles. The SMILES string of the molecule is C=C(O)/C=c1/c(=O)oc2c(c1=C)CCC(NC(=O)CN(C)C)=C2. The van der Waals surface area contributed by atoms with E-state index in [1.807, 2.05) is 14.1 Å². The molecule has 0 aromatic carbocycles. The molecule has 0 spiro atoms. The van der Waals surface area contributed by atoms with Gasteiger partial charge in [0.25, 0.3) is 0 Å². The van der Waals surface area contributed by atoms with Crippen LogP contribution in [0.5, 0.6) is 0 Å². The van der Waals surface area contributed by atoms with Crippen molar-refractivity contribution in [2.24, 2.45) is 0 Å². The molecule has 1 aliphatic carbocycles. The van der Waals surface area contributed by atoms with Crippen molar-refractivity contribution >= 4 is 24.6 Å². The fraction of sp³-hybridized carbons (Fsp3) is 0.294. The fourth-order valence-corrected chi connectivity index (χ4v) is 2.45. The summed E-state index contributed by atoms with van der Waals surface area (Å²) in [6, 6.07) is 0. The van der Waals surface area contributed by atoms with E-state index in [0.717, 1.165) is 5.56 Å². The van der Waals surface area contributed by atoms with Gasteiger partial charge in [0.2, 0.25) is 5.91 Å². The molecule has 0 aliphatic heterocycles. The van der Waals surface area contributed by atoms with Crippen LogP contribution >= 0.6 is 0 Å². The van der Waals surface area contributed by atoms with Gasteiger partial charge in [0.15, 0.2) is 0 Å². The molecular weight excluding hydrogens is 296 g/mol. The molecule has 1 amide bonds. The lowest BCUT2D eigenvalue weighted by atomic mass is 9.98. The number of allylic oxidation sites excluding steroid dienone is 2. The first-order valence-electron chi connectivity index (χ1n) is 7.17. The molecule has 1 aromatic rings. The standard InChI is InChI=1S/C17H20N2O4/c1-10(20)7-14-11(2)13-6-5-12(8-15(13)23-17(14)22)18-16(21)9-19(3)4/h7-8,20H,1-2,5-6,9H2,3-4H3,(H,18,21)/b14-7+. The normalized spacial score (nSPS) is 14.4. The highest BCUT2D eigenvalue weighted by Gasteiger charge is 2.17. The maximum Gasteiger partial charge on any atom is 0.344 e. The summed E-state index contributed by atoms with van der Waals surface area (Å²) < 4.78 is 5.29. The Morgan fingerprint density at radius 1 is 1.48 bits per heavy atom. The minimum Gasteiger partial charge on any atom is -0.509 e. The Morgan fingerprint density at radius 3 is 2.78 bits per heavy atom. The van der Waals surface area contributed by atoms with Crippen LogP contribution in [0.4, 0.5) is 0 Å². The molecule has 0 saturated heterocycles. The van der Waals surface area contributed by atoms with Gasteiger partial charge in [-0.1, -0.05) is 13.2 Å². The smallest absolute Gasteiger partial charge is 0.344 e. The number of carbonyl (C=O) groups is 1. The van der Waals surface area contributed by atoms with Crippen LogP contribution in [0.15, 0.2) is 27.2 Å². The van der Waals surface area contributed by atoms with Gasteiger partial charge < -0.3 is 19.7 Å². The number of carbonyl (C=O) groups excluding carboxylic acids is 1. The van der Waals surface area contributed by atoms with E-state index < -0.39 is 5.63 Å². The van der Waals surface area contributed by atoms with E-state index in [0.29, 0.717) is 29.5 Å². The van der Waals surface area contributed by atoms with Crippen molar-refractivity contribution in [3.63, 3.8) is 0 Å².